The van der Waals surface area contributed by atoms with Gasteiger partial charge in [0.1, 0.15) is 17.0 Å². The summed E-state index contributed by atoms with van der Waals surface area (Å²) in [5.41, 5.74) is 0.463. The lowest BCUT2D eigenvalue weighted by Crippen LogP contribution is -2.35. The van der Waals surface area contributed by atoms with Gasteiger partial charge in [-0.1, -0.05) is 0 Å². The van der Waals surface area contributed by atoms with E-state index in [9.17, 15) is 18.0 Å². The van der Waals surface area contributed by atoms with E-state index in [2.05, 4.69) is 25.9 Å². The third kappa shape index (κ3) is 5.07. The molecule has 3 aliphatic rings. The standard InChI is InChI=1S/C25H28F3N7O2/c26-14-9-18(27)21(19(28)10-14)33-25-32-20-11-29-24(31-16-7-8-37-12-16)34-22(20)35(25)17-5-1-13(2-6-17)23(36)30-15-3-4-15/h9-11,13,15-17H,1-8,12H2,(H,30,36)(H,32,33)(H,29,31,34)/t13-,16-,17+/m0/s1. The molecule has 3 aromatic rings. The summed E-state index contributed by atoms with van der Waals surface area (Å²) in [5, 5.41) is 9.08. The highest BCUT2D eigenvalue weighted by molar-refractivity contribution is 5.79. The van der Waals surface area contributed by atoms with Gasteiger partial charge in [-0.2, -0.15) is 4.98 Å². The Balaban J connectivity index is 1.32. The lowest BCUT2D eigenvalue weighted by molar-refractivity contribution is -0.126. The maximum Gasteiger partial charge on any atom is 0.225 e. The number of hydrogen-bond acceptors (Lipinski definition) is 7. The minimum atomic E-state index is -1.06. The number of anilines is 3. The van der Waals surface area contributed by atoms with Gasteiger partial charge in [0.2, 0.25) is 17.8 Å². The van der Waals surface area contributed by atoms with Gasteiger partial charge in [0.05, 0.1) is 18.8 Å². The van der Waals surface area contributed by atoms with E-state index >= 15 is 0 Å². The number of hydrogen-bond donors (Lipinski definition) is 3. The number of nitrogens with one attached hydrogen (secondary N) is 3. The molecule has 0 unspecified atom stereocenters. The van der Waals surface area contributed by atoms with Crippen molar-refractivity contribution in [2.24, 2.45) is 5.92 Å². The molecule has 0 spiro atoms. The Kier molecular flexibility index (Phi) is 6.35. The van der Waals surface area contributed by atoms with Crippen LogP contribution in [0, 0.1) is 23.4 Å². The van der Waals surface area contributed by atoms with Gasteiger partial charge in [0, 0.05) is 36.7 Å². The molecule has 0 radical (unpaired) electrons. The van der Waals surface area contributed by atoms with E-state index in [1.54, 1.807) is 6.20 Å². The van der Waals surface area contributed by atoms with E-state index in [0.29, 0.717) is 74.2 Å². The predicted octanol–water partition coefficient (Wildman–Crippen LogP) is 4.20. The molecule has 37 heavy (non-hydrogen) atoms. The molecular weight excluding hydrogens is 487 g/mol. The fourth-order valence-electron chi connectivity index (χ4n) is 5.14. The van der Waals surface area contributed by atoms with E-state index in [4.69, 9.17) is 9.72 Å². The number of carbonyl (C=O) groups excluding carboxylic acids is 1. The van der Waals surface area contributed by atoms with Gasteiger partial charge in [-0.15, -0.1) is 0 Å². The first kappa shape index (κ1) is 24.0. The Bertz CT molecular complexity index is 1290. The SMILES string of the molecule is O=C(NC1CC1)[C@H]1CC[C@@H](n2c(Nc3c(F)cc(F)cc3F)nc3cnc(N[C@H]4CCOC4)nc32)CC1. The molecule has 2 aromatic heterocycles. The van der Waals surface area contributed by atoms with E-state index in [1.165, 1.54) is 0 Å². The summed E-state index contributed by atoms with van der Waals surface area (Å²) < 4.78 is 49.7. The van der Waals surface area contributed by atoms with Crippen molar-refractivity contribution < 1.29 is 22.7 Å². The number of amides is 1. The molecule has 1 saturated heterocycles. The zero-order valence-electron chi connectivity index (χ0n) is 20.1. The molecule has 0 bridgehead atoms. The molecule has 6 rings (SSSR count). The molecule has 3 N–H and O–H groups in total. The van der Waals surface area contributed by atoms with Crippen LogP contribution >= 0.6 is 0 Å². The van der Waals surface area contributed by atoms with E-state index in [0.717, 1.165) is 19.3 Å². The summed E-state index contributed by atoms with van der Waals surface area (Å²) in [6.45, 7) is 1.22. The van der Waals surface area contributed by atoms with Crippen LogP contribution in [0.1, 0.15) is 51.0 Å². The second-order valence-electron chi connectivity index (χ2n) is 10.1. The first-order valence-corrected chi connectivity index (χ1v) is 12.8. The van der Waals surface area contributed by atoms with Crippen molar-refractivity contribution in [1.82, 2.24) is 24.8 Å². The molecular formula is C25H28F3N7O2. The van der Waals surface area contributed by atoms with Gasteiger partial charge in [0.15, 0.2) is 17.3 Å². The average molecular weight is 516 g/mol. The highest BCUT2D eigenvalue weighted by atomic mass is 19.1. The lowest BCUT2D eigenvalue weighted by Gasteiger charge is -2.30. The van der Waals surface area contributed by atoms with Crippen LogP contribution in [0.15, 0.2) is 18.3 Å². The monoisotopic (exact) mass is 515 g/mol. The van der Waals surface area contributed by atoms with Gasteiger partial charge in [-0.05, 0) is 44.9 Å². The highest BCUT2D eigenvalue weighted by Crippen LogP contribution is 2.38. The van der Waals surface area contributed by atoms with Crippen molar-refractivity contribution >= 4 is 34.7 Å². The molecule has 3 heterocycles. The summed E-state index contributed by atoms with van der Waals surface area (Å²) in [6.07, 6.45) is 7.17. The van der Waals surface area contributed by atoms with Crippen molar-refractivity contribution in [1.29, 1.82) is 0 Å². The van der Waals surface area contributed by atoms with Gasteiger partial charge in [0.25, 0.3) is 0 Å². The Morgan fingerprint density at radius 3 is 2.41 bits per heavy atom. The first-order valence-electron chi connectivity index (χ1n) is 12.8. The molecule has 9 nitrogen and oxygen atoms in total. The Hall–Kier alpha value is -3.41. The maximum atomic E-state index is 14.5. The largest absolute Gasteiger partial charge is 0.379 e. The molecule has 1 amide bonds. The number of rotatable bonds is 7. The quantitative estimate of drug-likeness (QED) is 0.433. The smallest absolute Gasteiger partial charge is 0.225 e. The zero-order chi connectivity index (χ0) is 25.5. The number of ether oxygens (including phenoxy) is 1. The summed E-state index contributed by atoms with van der Waals surface area (Å²) in [4.78, 5) is 26.2. The molecule has 1 aliphatic heterocycles. The topological polar surface area (TPSA) is 106 Å². The maximum absolute atomic E-state index is 14.5. The second kappa shape index (κ2) is 9.81. The van der Waals surface area contributed by atoms with Crippen molar-refractivity contribution in [2.75, 3.05) is 23.8 Å². The Labute approximate surface area is 211 Å². The number of fused-ring (bicyclic) bond motifs is 1. The van der Waals surface area contributed by atoms with Crippen LogP contribution in [0.3, 0.4) is 0 Å². The molecule has 1 aromatic carbocycles. The average Bonchev–Trinajstić information content (AvgIpc) is 3.40. The minimum absolute atomic E-state index is 0.0655. The Morgan fingerprint density at radius 2 is 1.73 bits per heavy atom. The number of nitrogens with zero attached hydrogens (tertiary/aromatic N) is 4. The summed E-state index contributed by atoms with van der Waals surface area (Å²) >= 11 is 0. The fraction of sp³-hybridized carbons (Fsp3) is 0.520. The number of aromatic nitrogens is 4. The first-order chi connectivity index (χ1) is 17.9. The van der Waals surface area contributed by atoms with Crippen LogP contribution in [-0.4, -0.2) is 50.7 Å². The van der Waals surface area contributed by atoms with Gasteiger partial charge < -0.3 is 20.7 Å². The third-order valence-corrected chi connectivity index (χ3v) is 7.30. The van der Waals surface area contributed by atoms with Crippen LogP contribution in [0.4, 0.5) is 30.8 Å². The van der Waals surface area contributed by atoms with Gasteiger partial charge >= 0.3 is 0 Å². The van der Waals surface area contributed by atoms with Crippen molar-refractivity contribution in [3.63, 3.8) is 0 Å². The zero-order valence-corrected chi connectivity index (χ0v) is 20.1. The van der Waals surface area contributed by atoms with Crippen molar-refractivity contribution in [3.05, 3.63) is 35.8 Å². The van der Waals surface area contributed by atoms with Crippen LogP contribution in [0.2, 0.25) is 0 Å². The molecule has 12 heteroatoms. The van der Waals surface area contributed by atoms with Crippen LogP contribution < -0.4 is 16.0 Å². The van der Waals surface area contributed by atoms with Crippen LogP contribution in [-0.2, 0) is 9.53 Å². The molecule has 2 saturated carbocycles. The van der Waals surface area contributed by atoms with Gasteiger partial charge in [-0.25, -0.2) is 23.1 Å². The molecule has 196 valence electrons. The van der Waals surface area contributed by atoms with E-state index < -0.39 is 23.1 Å². The normalized spacial score (nSPS) is 23.8. The number of carbonyl (C=O) groups is 1. The van der Waals surface area contributed by atoms with Crippen molar-refractivity contribution in [3.8, 4) is 0 Å². The number of benzene rings is 1. The lowest BCUT2D eigenvalue weighted by atomic mass is 9.85. The molecule has 2 aliphatic carbocycles. The molecule has 3 fully saturated rings. The summed E-state index contributed by atoms with van der Waals surface area (Å²) in [5.74, 6) is -2.51. The minimum Gasteiger partial charge on any atom is -0.379 e. The fourth-order valence-corrected chi connectivity index (χ4v) is 5.14. The van der Waals surface area contributed by atoms with Crippen molar-refractivity contribution in [2.45, 2.75) is 63.1 Å². The number of halogens is 3. The van der Waals surface area contributed by atoms with E-state index in [1.807, 2.05) is 4.57 Å². The van der Waals surface area contributed by atoms with Crippen LogP contribution in [0.5, 0.6) is 0 Å². The van der Waals surface area contributed by atoms with Gasteiger partial charge in [-0.3, -0.25) is 9.36 Å². The van der Waals surface area contributed by atoms with E-state index in [-0.39, 0.29) is 29.9 Å². The molecule has 1 atom stereocenters. The Morgan fingerprint density at radius 1 is 0.973 bits per heavy atom. The third-order valence-electron chi connectivity index (χ3n) is 7.30. The number of imidazole rings is 1. The summed E-state index contributed by atoms with van der Waals surface area (Å²) in [6, 6.07) is 1.53. The summed E-state index contributed by atoms with van der Waals surface area (Å²) in [7, 11) is 0. The highest BCUT2D eigenvalue weighted by Gasteiger charge is 2.33. The predicted molar refractivity (Wildman–Crippen MR) is 130 cm³/mol. The second-order valence-corrected chi connectivity index (χ2v) is 10.1. The van der Waals surface area contributed by atoms with Crippen LogP contribution in [0.25, 0.3) is 11.2 Å².